The Balaban J connectivity index is 0.000000260. The van der Waals surface area contributed by atoms with Crippen molar-refractivity contribution in [2.24, 2.45) is 7.05 Å². The van der Waals surface area contributed by atoms with Crippen molar-refractivity contribution >= 4 is 10.8 Å². The van der Waals surface area contributed by atoms with Crippen LogP contribution in [0.2, 0.25) is 0 Å². The molecule has 2 aromatic carbocycles. The highest BCUT2D eigenvalue weighted by Crippen LogP contribution is 2.20. The average Bonchev–Trinajstić information content (AvgIpc) is 2.74. The maximum atomic E-state index is 11.7. The van der Waals surface area contributed by atoms with E-state index in [1.807, 2.05) is 45.0 Å². The third kappa shape index (κ3) is 6.03. The van der Waals surface area contributed by atoms with E-state index in [4.69, 9.17) is 0 Å². The molecule has 3 rings (SSSR count). The number of benzene rings is 2. The summed E-state index contributed by atoms with van der Waals surface area (Å²) >= 11 is 0. The van der Waals surface area contributed by atoms with E-state index in [2.05, 4.69) is 61.3 Å². The standard InChI is InChI=1S/C11H12N2O.C11H17N.C2H6/c1-3-10-8-6-4-5-7-9(8)11(14)13(2)12-10;1-4-11(12(2)3)10-8-6-5-7-9-10;1-2/h4-7H,3H2,1-2H3;5-9,11H,4H2,1-3H3;1-2H3. The molecule has 0 aliphatic rings. The van der Waals surface area contributed by atoms with Crippen LogP contribution < -0.4 is 5.56 Å². The zero-order chi connectivity index (χ0) is 21.1. The number of fused-ring (bicyclic) bond motifs is 1. The van der Waals surface area contributed by atoms with Crippen molar-refractivity contribution < 1.29 is 0 Å². The topological polar surface area (TPSA) is 38.1 Å². The van der Waals surface area contributed by atoms with E-state index in [0.717, 1.165) is 29.3 Å². The van der Waals surface area contributed by atoms with Crippen molar-refractivity contribution in [3.05, 3.63) is 76.2 Å². The monoisotopic (exact) mass is 381 g/mol. The van der Waals surface area contributed by atoms with Gasteiger partial charge in [0.15, 0.2) is 0 Å². The van der Waals surface area contributed by atoms with Gasteiger partial charge in [0.25, 0.3) is 5.56 Å². The number of rotatable bonds is 4. The predicted octanol–water partition coefficient (Wildman–Crippen LogP) is 5.22. The second-order valence-corrected chi connectivity index (χ2v) is 6.57. The van der Waals surface area contributed by atoms with E-state index in [0.29, 0.717) is 6.04 Å². The highest BCUT2D eigenvalue weighted by molar-refractivity contribution is 5.83. The Morgan fingerprint density at radius 3 is 1.96 bits per heavy atom. The first-order valence-corrected chi connectivity index (χ1v) is 10.2. The third-order valence-electron chi connectivity index (χ3n) is 4.56. The molecule has 4 heteroatoms. The smallest absolute Gasteiger partial charge is 0.274 e. The van der Waals surface area contributed by atoms with E-state index in [1.165, 1.54) is 10.2 Å². The molecule has 1 atom stereocenters. The fourth-order valence-corrected chi connectivity index (χ4v) is 3.21. The van der Waals surface area contributed by atoms with Crippen LogP contribution in [0.25, 0.3) is 10.8 Å². The molecule has 152 valence electrons. The van der Waals surface area contributed by atoms with Crippen molar-refractivity contribution in [3.63, 3.8) is 0 Å². The summed E-state index contributed by atoms with van der Waals surface area (Å²) in [5.41, 5.74) is 2.35. The van der Waals surface area contributed by atoms with Gasteiger partial charge >= 0.3 is 0 Å². The zero-order valence-corrected chi connectivity index (χ0v) is 18.4. The summed E-state index contributed by atoms with van der Waals surface area (Å²) in [6.07, 6.45) is 2.01. The molecule has 1 unspecified atom stereocenters. The first-order chi connectivity index (χ1) is 13.5. The molecule has 0 fully saturated rings. The molecule has 0 saturated carbocycles. The first-order valence-electron chi connectivity index (χ1n) is 10.2. The van der Waals surface area contributed by atoms with Gasteiger partial charge in [0.2, 0.25) is 0 Å². The van der Waals surface area contributed by atoms with E-state index < -0.39 is 0 Å². The van der Waals surface area contributed by atoms with Gasteiger partial charge in [0, 0.05) is 18.5 Å². The lowest BCUT2D eigenvalue weighted by Crippen LogP contribution is -2.21. The molecular weight excluding hydrogens is 346 g/mol. The summed E-state index contributed by atoms with van der Waals surface area (Å²) in [5.74, 6) is 0. The Bertz CT molecular complexity index is 885. The van der Waals surface area contributed by atoms with Crippen LogP contribution in [0.15, 0.2) is 59.4 Å². The molecule has 28 heavy (non-hydrogen) atoms. The SMILES string of the molecule is CC.CCC(c1ccccc1)N(C)C.CCc1nn(C)c(=O)c2ccccc12. The van der Waals surface area contributed by atoms with Crippen LogP contribution in [0.1, 0.15) is 51.4 Å². The normalized spacial score (nSPS) is 11.3. The Morgan fingerprint density at radius 2 is 1.46 bits per heavy atom. The minimum atomic E-state index is -0.0298. The van der Waals surface area contributed by atoms with Crippen molar-refractivity contribution in [1.29, 1.82) is 0 Å². The van der Waals surface area contributed by atoms with Gasteiger partial charge in [-0.15, -0.1) is 0 Å². The molecule has 4 nitrogen and oxygen atoms in total. The van der Waals surface area contributed by atoms with E-state index in [-0.39, 0.29) is 5.56 Å². The average molecular weight is 382 g/mol. The van der Waals surface area contributed by atoms with Gasteiger partial charge in [-0.3, -0.25) is 4.79 Å². The fraction of sp³-hybridized carbons (Fsp3) is 0.417. The van der Waals surface area contributed by atoms with Gasteiger partial charge < -0.3 is 4.90 Å². The molecule has 0 amide bonds. The van der Waals surface area contributed by atoms with Gasteiger partial charge in [-0.2, -0.15) is 5.10 Å². The number of aromatic nitrogens is 2. The number of hydrogen-bond acceptors (Lipinski definition) is 3. The van der Waals surface area contributed by atoms with E-state index in [9.17, 15) is 4.79 Å². The largest absolute Gasteiger partial charge is 0.302 e. The molecular formula is C24H35N3O. The lowest BCUT2D eigenvalue weighted by Gasteiger charge is -2.22. The summed E-state index contributed by atoms with van der Waals surface area (Å²) < 4.78 is 1.40. The number of nitrogens with zero attached hydrogens (tertiary/aromatic N) is 3. The van der Waals surface area contributed by atoms with Gasteiger partial charge in [0.05, 0.1) is 11.1 Å². The maximum absolute atomic E-state index is 11.7. The molecule has 0 spiro atoms. The van der Waals surface area contributed by atoms with Gasteiger partial charge in [-0.25, -0.2) is 4.68 Å². The second kappa shape index (κ2) is 12.1. The van der Waals surface area contributed by atoms with Crippen molar-refractivity contribution in [3.8, 4) is 0 Å². The lowest BCUT2D eigenvalue weighted by molar-refractivity contribution is 0.292. The summed E-state index contributed by atoms with van der Waals surface area (Å²) in [5, 5.41) is 5.95. The van der Waals surface area contributed by atoms with Crippen LogP contribution >= 0.6 is 0 Å². The molecule has 0 aliphatic heterocycles. The van der Waals surface area contributed by atoms with Crippen LogP contribution in [-0.4, -0.2) is 28.8 Å². The molecule has 0 N–H and O–H groups in total. The van der Waals surface area contributed by atoms with Crippen molar-refractivity contribution in [2.45, 2.75) is 46.6 Å². The Labute approximate surface area is 169 Å². The fourth-order valence-electron chi connectivity index (χ4n) is 3.21. The molecule has 3 aromatic rings. The quantitative estimate of drug-likeness (QED) is 0.622. The number of hydrogen-bond donors (Lipinski definition) is 0. The summed E-state index contributed by atoms with van der Waals surface area (Å²) in [6.45, 7) is 8.26. The van der Waals surface area contributed by atoms with E-state index in [1.54, 1.807) is 7.05 Å². The summed E-state index contributed by atoms with van der Waals surface area (Å²) in [6, 6.07) is 18.8. The molecule has 0 radical (unpaired) electrons. The van der Waals surface area contributed by atoms with Crippen molar-refractivity contribution in [1.82, 2.24) is 14.7 Å². The summed E-state index contributed by atoms with van der Waals surface area (Å²) in [7, 11) is 5.94. The molecule has 1 heterocycles. The molecule has 0 saturated heterocycles. The van der Waals surface area contributed by atoms with Gasteiger partial charge in [0.1, 0.15) is 0 Å². The number of aryl methyl sites for hydroxylation is 2. The van der Waals surface area contributed by atoms with Crippen LogP contribution in [0.3, 0.4) is 0 Å². The third-order valence-corrected chi connectivity index (χ3v) is 4.56. The summed E-state index contributed by atoms with van der Waals surface area (Å²) in [4.78, 5) is 14.0. The minimum Gasteiger partial charge on any atom is -0.302 e. The van der Waals surface area contributed by atoms with Crippen LogP contribution in [-0.2, 0) is 13.5 Å². The highest BCUT2D eigenvalue weighted by Gasteiger charge is 2.09. The molecule has 0 aliphatic carbocycles. The maximum Gasteiger partial charge on any atom is 0.274 e. The Morgan fingerprint density at radius 1 is 0.929 bits per heavy atom. The van der Waals surface area contributed by atoms with Crippen LogP contribution in [0.5, 0.6) is 0 Å². The van der Waals surface area contributed by atoms with Gasteiger partial charge in [-0.1, -0.05) is 76.2 Å². The minimum absolute atomic E-state index is 0.0298. The van der Waals surface area contributed by atoms with Crippen LogP contribution in [0, 0.1) is 0 Å². The zero-order valence-electron chi connectivity index (χ0n) is 18.4. The van der Waals surface area contributed by atoms with Crippen molar-refractivity contribution in [2.75, 3.05) is 14.1 Å². The molecule has 0 bridgehead atoms. The highest BCUT2D eigenvalue weighted by atomic mass is 16.1. The second-order valence-electron chi connectivity index (χ2n) is 6.57. The first kappa shape index (κ1) is 23.6. The van der Waals surface area contributed by atoms with Gasteiger partial charge in [-0.05, 0) is 38.6 Å². The Hall–Kier alpha value is -2.46. The van der Waals surface area contributed by atoms with Crippen LogP contribution in [0.4, 0.5) is 0 Å². The van der Waals surface area contributed by atoms with E-state index >= 15 is 0 Å². The lowest BCUT2D eigenvalue weighted by atomic mass is 10.0. The Kier molecular flexibility index (Phi) is 10.2. The predicted molar refractivity (Wildman–Crippen MR) is 121 cm³/mol. The molecule has 1 aromatic heterocycles.